The summed E-state index contributed by atoms with van der Waals surface area (Å²) in [5.74, 6) is 1.57. The third-order valence-corrected chi connectivity index (χ3v) is 6.26. The maximum Gasteiger partial charge on any atom is 0.225 e. The average molecular weight is 484 g/mol. The third-order valence-electron chi connectivity index (χ3n) is 6.26. The minimum atomic E-state index is -0.246. The zero-order valence-corrected chi connectivity index (χ0v) is 21.3. The number of benzene rings is 3. The molecule has 1 heterocycles. The van der Waals surface area contributed by atoms with Crippen LogP contribution in [0.3, 0.4) is 0 Å². The number of rotatable bonds is 10. The first-order chi connectivity index (χ1) is 17.4. The lowest BCUT2D eigenvalue weighted by molar-refractivity contribution is -0.120. The van der Waals surface area contributed by atoms with Gasteiger partial charge in [0.25, 0.3) is 0 Å². The zero-order chi connectivity index (χ0) is 25.5. The van der Waals surface area contributed by atoms with Gasteiger partial charge >= 0.3 is 0 Å². The Morgan fingerprint density at radius 3 is 2.33 bits per heavy atom. The number of aromatic nitrogens is 1. The maximum atomic E-state index is 13.1. The number of aryl methyl sites for hydroxylation is 2. The van der Waals surface area contributed by atoms with Crippen molar-refractivity contribution >= 4 is 11.6 Å². The Morgan fingerprint density at radius 2 is 1.67 bits per heavy atom. The molecule has 1 atom stereocenters. The van der Waals surface area contributed by atoms with E-state index in [0.29, 0.717) is 6.61 Å². The summed E-state index contributed by atoms with van der Waals surface area (Å²) in [4.78, 5) is 15.2. The van der Waals surface area contributed by atoms with Crippen LogP contribution in [0, 0.1) is 13.8 Å². The van der Waals surface area contributed by atoms with Crippen molar-refractivity contribution in [2.45, 2.75) is 32.7 Å². The van der Waals surface area contributed by atoms with Crippen LogP contribution < -0.4 is 15.0 Å². The molecule has 1 N–H and O–H groups in total. The fourth-order valence-electron chi connectivity index (χ4n) is 4.36. The number of hydrogen-bond acceptors (Lipinski definition) is 5. The van der Waals surface area contributed by atoms with Gasteiger partial charge < -0.3 is 19.5 Å². The molecule has 0 radical (unpaired) electrons. The normalized spacial score (nSPS) is 11.7. The van der Waals surface area contributed by atoms with E-state index in [2.05, 4.69) is 27.5 Å². The van der Waals surface area contributed by atoms with Crippen molar-refractivity contribution in [1.82, 2.24) is 10.5 Å². The van der Waals surface area contributed by atoms with Crippen molar-refractivity contribution in [3.63, 3.8) is 0 Å². The second kappa shape index (κ2) is 11.6. The molecule has 36 heavy (non-hydrogen) atoms. The van der Waals surface area contributed by atoms with E-state index in [1.807, 2.05) is 94.7 Å². The van der Waals surface area contributed by atoms with E-state index in [1.165, 1.54) is 0 Å². The van der Waals surface area contributed by atoms with Gasteiger partial charge in [-0.25, -0.2) is 0 Å². The summed E-state index contributed by atoms with van der Waals surface area (Å²) >= 11 is 0. The summed E-state index contributed by atoms with van der Waals surface area (Å²) in [7, 11) is 4.03. The maximum absolute atomic E-state index is 13.1. The number of ether oxygens (including phenoxy) is 1. The molecule has 0 aliphatic heterocycles. The lowest BCUT2D eigenvalue weighted by Gasteiger charge is -2.25. The minimum Gasteiger partial charge on any atom is -0.493 e. The Bertz CT molecular complexity index is 1260. The van der Waals surface area contributed by atoms with Gasteiger partial charge in [0.15, 0.2) is 0 Å². The molecule has 0 fully saturated rings. The topological polar surface area (TPSA) is 67.6 Å². The summed E-state index contributed by atoms with van der Waals surface area (Å²) < 4.78 is 11.1. The molecule has 6 heteroatoms. The van der Waals surface area contributed by atoms with Gasteiger partial charge in [-0.2, -0.15) is 0 Å². The fraction of sp³-hybridized carbons (Fsp3) is 0.267. The number of carbonyl (C=O) groups excluding carboxylic acids is 1. The molecule has 0 spiro atoms. The molecule has 0 bridgehead atoms. The molecule has 4 rings (SSSR count). The molecule has 6 nitrogen and oxygen atoms in total. The number of amides is 1. The first-order valence-corrected chi connectivity index (χ1v) is 12.2. The summed E-state index contributed by atoms with van der Waals surface area (Å²) in [5, 5.41) is 7.24. The summed E-state index contributed by atoms with van der Waals surface area (Å²) in [6.45, 7) is 4.39. The Kier molecular flexibility index (Phi) is 8.06. The van der Waals surface area contributed by atoms with E-state index < -0.39 is 0 Å². The van der Waals surface area contributed by atoms with Crippen LogP contribution in [-0.4, -0.2) is 31.8 Å². The van der Waals surface area contributed by atoms with Crippen LogP contribution in [0.2, 0.25) is 0 Å². The third kappa shape index (κ3) is 6.13. The molecule has 0 aliphatic rings. The van der Waals surface area contributed by atoms with Gasteiger partial charge in [-0.15, -0.1) is 0 Å². The number of nitrogens with one attached hydrogen (secondary N) is 1. The van der Waals surface area contributed by atoms with Gasteiger partial charge in [-0.3, -0.25) is 4.79 Å². The van der Waals surface area contributed by atoms with Gasteiger partial charge in [0, 0.05) is 37.3 Å². The summed E-state index contributed by atoms with van der Waals surface area (Å²) in [6, 6.07) is 25.7. The molecule has 0 saturated heterocycles. The number of para-hydroxylation sites is 1. The van der Waals surface area contributed by atoms with Crippen LogP contribution >= 0.6 is 0 Å². The highest BCUT2D eigenvalue weighted by Crippen LogP contribution is 2.30. The minimum absolute atomic E-state index is 0.0375. The van der Waals surface area contributed by atoms with Crippen LogP contribution in [0.5, 0.6) is 5.75 Å². The van der Waals surface area contributed by atoms with E-state index >= 15 is 0 Å². The zero-order valence-electron chi connectivity index (χ0n) is 21.3. The van der Waals surface area contributed by atoms with Crippen molar-refractivity contribution in [3.05, 3.63) is 113 Å². The average Bonchev–Trinajstić information content (AvgIpc) is 3.21. The van der Waals surface area contributed by atoms with Crippen LogP contribution in [-0.2, 0) is 17.6 Å². The monoisotopic (exact) mass is 483 g/mol. The Balaban J connectivity index is 1.41. The molecule has 3 aromatic carbocycles. The SMILES string of the molecule is Cc1noc(C)c1CCOc1ccc(CC(=O)NC(c2ccccc2)c2ccccc2N(C)C)cc1. The van der Waals surface area contributed by atoms with Gasteiger partial charge in [0.1, 0.15) is 11.5 Å². The van der Waals surface area contributed by atoms with Crippen LogP contribution in [0.15, 0.2) is 83.4 Å². The van der Waals surface area contributed by atoms with Crippen molar-refractivity contribution in [2.75, 3.05) is 25.6 Å². The van der Waals surface area contributed by atoms with E-state index in [0.717, 1.165) is 51.6 Å². The standard InChI is InChI=1S/C30H33N3O3/c1-21-26(22(2)36-32-21)18-19-35-25-16-14-23(15-17-25)20-29(34)31-30(24-10-6-5-7-11-24)27-12-8-9-13-28(27)33(3)4/h5-17,30H,18-20H2,1-4H3,(H,31,34). The van der Waals surface area contributed by atoms with Gasteiger partial charge in [0.2, 0.25) is 5.91 Å². The molecule has 1 aromatic heterocycles. The molecular formula is C30H33N3O3. The van der Waals surface area contributed by atoms with Crippen LogP contribution in [0.25, 0.3) is 0 Å². The molecule has 1 unspecified atom stereocenters. The van der Waals surface area contributed by atoms with E-state index in [9.17, 15) is 4.79 Å². The second-order valence-electron chi connectivity index (χ2n) is 9.09. The Hall–Kier alpha value is -4.06. The van der Waals surface area contributed by atoms with Crippen molar-refractivity contribution < 1.29 is 14.1 Å². The Labute approximate surface area is 212 Å². The largest absolute Gasteiger partial charge is 0.493 e. The highest BCUT2D eigenvalue weighted by molar-refractivity contribution is 5.80. The molecule has 4 aromatic rings. The predicted molar refractivity (Wildman–Crippen MR) is 143 cm³/mol. The first-order valence-electron chi connectivity index (χ1n) is 12.2. The predicted octanol–water partition coefficient (Wildman–Crippen LogP) is 5.43. The quantitative estimate of drug-likeness (QED) is 0.326. The van der Waals surface area contributed by atoms with Crippen LogP contribution in [0.1, 0.15) is 39.7 Å². The Morgan fingerprint density at radius 1 is 0.972 bits per heavy atom. The van der Waals surface area contributed by atoms with Crippen molar-refractivity contribution in [3.8, 4) is 5.75 Å². The summed E-state index contributed by atoms with van der Waals surface area (Å²) in [6.07, 6.45) is 1.02. The van der Waals surface area contributed by atoms with Gasteiger partial charge in [0.05, 0.1) is 24.8 Å². The molecule has 1 amide bonds. The van der Waals surface area contributed by atoms with Gasteiger partial charge in [-0.1, -0.05) is 65.8 Å². The highest BCUT2D eigenvalue weighted by Gasteiger charge is 2.20. The van der Waals surface area contributed by atoms with Crippen LogP contribution in [0.4, 0.5) is 5.69 Å². The number of carbonyl (C=O) groups is 1. The lowest BCUT2D eigenvalue weighted by atomic mass is 9.96. The number of hydrogen-bond donors (Lipinski definition) is 1. The number of nitrogens with zero attached hydrogens (tertiary/aromatic N) is 2. The summed E-state index contributed by atoms with van der Waals surface area (Å²) in [5.41, 5.74) is 6.10. The van der Waals surface area contributed by atoms with Gasteiger partial charge in [-0.05, 0) is 43.2 Å². The highest BCUT2D eigenvalue weighted by atomic mass is 16.5. The smallest absolute Gasteiger partial charge is 0.225 e. The number of anilines is 1. The molecule has 0 aliphatic carbocycles. The second-order valence-corrected chi connectivity index (χ2v) is 9.09. The van der Waals surface area contributed by atoms with E-state index in [4.69, 9.17) is 9.26 Å². The van der Waals surface area contributed by atoms with Crippen molar-refractivity contribution in [1.29, 1.82) is 0 Å². The van der Waals surface area contributed by atoms with Crippen molar-refractivity contribution in [2.24, 2.45) is 0 Å². The lowest BCUT2D eigenvalue weighted by Crippen LogP contribution is -2.31. The molecule has 0 saturated carbocycles. The van der Waals surface area contributed by atoms with E-state index in [1.54, 1.807) is 0 Å². The fourth-order valence-corrected chi connectivity index (χ4v) is 4.36. The molecule has 186 valence electrons. The van der Waals surface area contributed by atoms with E-state index in [-0.39, 0.29) is 18.4 Å². The molecular weight excluding hydrogens is 450 g/mol. The first kappa shape index (κ1) is 25.0.